The lowest BCUT2D eigenvalue weighted by Crippen LogP contribution is -2.30. The van der Waals surface area contributed by atoms with Crippen LogP contribution in [0, 0.1) is 0 Å². The number of benzene rings is 1. The second kappa shape index (κ2) is 7.02. The van der Waals surface area contributed by atoms with E-state index in [1.54, 1.807) is 0 Å². The standard InChI is InChI=1S/C11H16BrN.C2H6/c1-11(2,8-13-3)9-6-4-5-7-10(9)12;1-2/h4-7,13H,8H2,1-3H3;1-2H3. The van der Waals surface area contributed by atoms with Crippen LogP contribution in [0.5, 0.6) is 0 Å². The summed E-state index contributed by atoms with van der Waals surface area (Å²) in [5, 5.41) is 3.21. The number of hydrogen-bond acceptors (Lipinski definition) is 1. The lowest BCUT2D eigenvalue weighted by atomic mass is 9.85. The number of nitrogens with one attached hydrogen (secondary N) is 1. The van der Waals surface area contributed by atoms with Crippen molar-refractivity contribution >= 4 is 15.9 Å². The van der Waals surface area contributed by atoms with Gasteiger partial charge in [-0.2, -0.15) is 0 Å². The van der Waals surface area contributed by atoms with E-state index in [-0.39, 0.29) is 5.41 Å². The molecule has 0 saturated heterocycles. The molecule has 0 unspecified atom stereocenters. The summed E-state index contributed by atoms with van der Waals surface area (Å²) in [5.74, 6) is 0. The molecule has 0 aliphatic rings. The van der Waals surface area contributed by atoms with E-state index in [0.717, 1.165) is 6.54 Å². The third-order valence-electron chi connectivity index (χ3n) is 2.22. The van der Waals surface area contributed by atoms with Crippen molar-refractivity contribution in [3.05, 3.63) is 34.3 Å². The van der Waals surface area contributed by atoms with Crippen LogP contribution in [0.3, 0.4) is 0 Å². The Balaban J connectivity index is 0.000000921. The minimum Gasteiger partial charge on any atom is -0.319 e. The topological polar surface area (TPSA) is 12.0 Å². The summed E-state index contributed by atoms with van der Waals surface area (Å²) < 4.78 is 1.19. The van der Waals surface area contributed by atoms with Crippen molar-refractivity contribution in [2.45, 2.75) is 33.1 Å². The van der Waals surface area contributed by atoms with Crippen molar-refractivity contribution < 1.29 is 0 Å². The van der Waals surface area contributed by atoms with Gasteiger partial charge in [0.15, 0.2) is 0 Å². The SMILES string of the molecule is CC.CNCC(C)(C)c1ccccc1Br. The molecule has 0 atom stereocenters. The summed E-state index contributed by atoms with van der Waals surface area (Å²) in [6.45, 7) is 9.46. The molecule has 0 aliphatic heterocycles. The first kappa shape index (κ1) is 14.7. The van der Waals surface area contributed by atoms with E-state index in [9.17, 15) is 0 Å². The fourth-order valence-corrected chi connectivity index (χ4v) is 2.37. The van der Waals surface area contributed by atoms with Crippen LogP contribution in [0.25, 0.3) is 0 Å². The van der Waals surface area contributed by atoms with Gasteiger partial charge in [0, 0.05) is 16.4 Å². The molecule has 1 N–H and O–H groups in total. The zero-order valence-electron chi connectivity index (χ0n) is 10.4. The van der Waals surface area contributed by atoms with Crippen molar-refractivity contribution in [3.63, 3.8) is 0 Å². The van der Waals surface area contributed by atoms with Crippen LogP contribution in [0.15, 0.2) is 28.7 Å². The number of halogens is 1. The van der Waals surface area contributed by atoms with Crippen LogP contribution in [0.2, 0.25) is 0 Å². The van der Waals surface area contributed by atoms with Crippen molar-refractivity contribution in [2.24, 2.45) is 0 Å². The van der Waals surface area contributed by atoms with Gasteiger partial charge < -0.3 is 5.32 Å². The molecule has 0 radical (unpaired) electrons. The fraction of sp³-hybridized carbons (Fsp3) is 0.538. The molecular formula is C13H22BrN. The highest BCUT2D eigenvalue weighted by Gasteiger charge is 2.21. The molecule has 1 rings (SSSR count). The highest BCUT2D eigenvalue weighted by atomic mass is 79.9. The van der Waals surface area contributed by atoms with Gasteiger partial charge in [0.1, 0.15) is 0 Å². The zero-order chi connectivity index (χ0) is 11.9. The summed E-state index contributed by atoms with van der Waals surface area (Å²) in [6.07, 6.45) is 0. The van der Waals surface area contributed by atoms with Gasteiger partial charge in [-0.3, -0.25) is 0 Å². The lowest BCUT2D eigenvalue weighted by molar-refractivity contribution is 0.492. The Morgan fingerprint density at radius 2 is 1.73 bits per heavy atom. The Morgan fingerprint density at radius 3 is 2.20 bits per heavy atom. The molecule has 0 saturated carbocycles. The maximum absolute atomic E-state index is 3.57. The molecular weight excluding hydrogens is 250 g/mol. The van der Waals surface area contributed by atoms with Gasteiger partial charge >= 0.3 is 0 Å². The van der Waals surface area contributed by atoms with E-state index in [1.807, 2.05) is 27.0 Å². The monoisotopic (exact) mass is 271 g/mol. The smallest absolute Gasteiger partial charge is 0.0213 e. The molecule has 86 valence electrons. The van der Waals surface area contributed by atoms with E-state index in [4.69, 9.17) is 0 Å². The quantitative estimate of drug-likeness (QED) is 0.877. The molecule has 1 nitrogen and oxygen atoms in total. The van der Waals surface area contributed by atoms with Crippen molar-refractivity contribution in [2.75, 3.05) is 13.6 Å². The maximum Gasteiger partial charge on any atom is 0.0213 e. The number of likely N-dealkylation sites (N-methyl/N-ethyl adjacent to an activating group) is 1. The van der Waals surface area contributed by atoms with Crippen LogP contribution in [-0.4, -0.2) is 13.6 Å². The van der Waals surface area contributed by atoms with Gasteiger partial charge in [0.25, 0.3) is 0 Å². The molecule has 0 aliphatic carbocycles. The predicted octanol–water partition coefficient (Wildman–Crippen LogP) is 3.97. The van der Waals surface area contributed by atoms with Crippen LogP contribution in [-0.2, 0) is 5.41 Å². The Hall–Kier alpha value is -0.340. The first-order chi connectivity index (χ1) is 7.08. The Kier molecular flexibility index (Phi) is 6.86. The summed E-state index contributed by atoms with van der Waals surface area (Å²) in [4.78, 5) is 0. The predicted molar refractivity (Wildman–Crippen MR) is 72.4 cm³/mol. The molecule has 1 aromatic rings. The van der Waals surface area contributed by atoms with E-state index in [0.29, 0.717) is 0 Å². The van der Waals surface area contributed by atoms with Crippen molar-refractivity contribution in [1.29, 1.82) is 0 Å². The fourth-order valence-electron chi connectivity index (χ4n) is 1.55. The first-order valence-corrected chi connectivity index (χ1v) is 6.27. The maximum atomic E-state index is 3.57. The highest BCUT2D eigenvalue weighted by Crippen LogP contribution is 2.29. The van der Waals surface area contributed by atoms with E-state index < -0.39 is 0 Å². The zero-order valence-corrected chi connectivity index (χ0v) is 12.0. The lowest BCUT2D eigenvalue weighted by Gasteiger charge is -2.26. The highest BCUT2D eigenvalue weighted by molar-refractivity contribution is 9.10. The van der Waals surface area contributed by atoms with Crippen LogP contribution in [0.1, 0.15) is 33.3 Å². The molecule has 0 spiro atoms. The second-order valence-corrected chi connectivity index (χ2v) is 4.75. The van der Waals surface area contributed by atoms with E-state index >= 15 is 0 Å². The van der Waals surface area contributed by atoms with Crippen LogP contribution >= 0.6 is 15.9 Å². The molecule has 0 heterocycles. The summed E-state index contributed by atoms with van der Waals surface area (Å²) in [7, 11) is 1.98. The van der Waals surface area contributed by atoms with Gasteiger partial charge in [-0.05, 0) is 18.7 Å². The van der Waals surface area contributed by atoms with Gasteiger partial charge in [-0.25, -0.2) is 0 Å². The average molecular weight is 272 g/mol. The molecule has 0 amide bonds. The average Bonchev–Trinajstić information content (AvgIpc) is 2.21. The van der Waals surface area contributed by atoms with Crippen molar-refractivity contribution in [3.8, 4) is 0 Å². The molecule has 1 aromatic carbocycles. The van der Waals surface area contributed by atoms with E-state index in [1.165, 1.54) is 10.0 Å². The van der Waals surface area contributed by atoms with Gasteiger partial charge in [0.05, 0.1) is 0 Å². The third-order valence-corrected chi connectivity index (χ3v) is 2.91. The second-order valence-electron chi connectivity index (χ2n) is 3.89. The largest absolute Gasteiger partial charge is 0.319 e. The summed E-state index contributed by atoms with van der Waals surface area (Å²) in [5.41, 5.74) is 1.53. The van der Waals surface area contributed by atoms with Crippen LogP contribution < -0.4 is 5.32 Å². The molecule has 15 heavy (non-hydrogen) atoms. The third kappa shape index (κ3) is 4.35. The van der Waals surface area contributed by atoms with Crippen LogP contribution in [0.4, 0.5) is 0 Å². The van der Waals surface area contributed by atoms with E-state index in [2.05, 4.69) is 53.3 Å². The molecule has 2 heteroatoms. The molecule has 0 fully saturated rings. The Bertz CT molecular complexity index is 282. The minimum atomic E-state index is 0.175. The number of hydrogen-bond donors (Lipinski definition) is 1. The Morgan fingerprint density at radius 1 is 1.20 bits per heavy atom. The van der Waals surface area contributed by atoms with Gasteiger partial charge in [-0.15, -0.1) is 0 Å². The first-order valence-electron chi connectivity index (χ1n) is 5.47. The minimum absolute atomic E-state index is 0.175. The normalized spacial score (nSPS) is 10.5. The summed E-state index contributed by atoms with van der Waals surface area (Å²) in [6, 6.07) is 8.38. The Labute approximate surface area is 102 Å². The number of rotatable bonds is 3. The van der Waals surface area contributed by atoms with Gasteiger partial charge in [-0.1, -0.05) is 61.8 Å². The van der Waals surface area contributed by atoms with Crippen molar-refractivity contribution in [1.82, 2.24) is 5.32 Å². The molecule has 0 bridgehead atoms. The summed E-state index contributed by atoms with van der Waals surface area (Å²) >= 11 is 3.57. The molecule has 0 aromatic heterocycles. The van der Waals surface area contributed by atoms with Gasteiger partial charge in [0.2, 0.25) is 0 Å².